The number of amides is 3. The highest BCUT2D eigenvalue weighted by atomic mass is 79.9. The molecule has 1 N–H and O–H groups in total. The van der Waals surface area contributed by atoms with Gasteiger partial charge >= 0.3 is 0 Å². The van der Waals surface area contributed by atoms with Crippen molar-refractivity contribution >= 4 is 56.5 Å². The molecule has 0 atom stereocenters. The van der Waals surface area contributed by atoms with Gasteiger partial charge in [-0.25, -0.2) is 0 Å². The molecule has 9 heteroatoms. The number of aryl methyl sites for hydroxylation is 1. The standard InChI is InChI=1S/C21H19BrN2O5S/c1-12-5-4-6-14(7-12)23-19(25)11-24-20(26)18(30-21(24)27)9-13-8-15(22)17(29-3)10-16(13)28-2/h4-10H,11H2,1-3H3,(H,23,25)/b18-9-. The van der Waals surface area contributed by atoms with Crippen molar-refractivity contribution in [1.29, 1.82) is 0 Å². The Bertz CT molecular complexity index is 1050. The fourth-order valence-electron chi connectivity index (χ4n) is 2.84. The number of nitrogens with zero attached hydrogens (tertiary/aromatic N) is 1. The first-order valence-electron chi connectivity index (χ1n) is 8.85. The highest BCUT2D eigenvalue weighted by Gasteiger charge is 2.36. The molecule has 0 aromatic heterocycles. The Labute approximate surface area is 186 Å². The van der Waals surface area contributed by atoms with Crippen molar-refractivity contribution < 1.29 is 23.9 Å². The minimum Gasteiger partial charge on any atom is -0.496 e. The normalized spacial score (nSPS) is 14.9. The van der Waals surface area contributed by atoms with Crippen molar-refractivity contribution in [2.24, 2.45) is 0 Å². The summed E-state index contributed by atoms with van der Waals surface area (Å²) >= 11 is 4.18. The minimum atomic E-state index is -0.529. The van der Waals surface area contributed by atoms with Gasteiger partial charge in [-0.05, 0) is 64.5 Å². The zero-order valence-electron chi connectivity index (χ0n) is 16.5. The number of hydrogen-bond acceptors (Lipinski definition) is 6. The molecule has 1 fully saturated rings. The van der Waals surface area contributed by atoms with Gasteiger partial charge < -0.3 is 14.8 Å². The fraction of sp³-hybridized carbons (Fsp3) is 0.190. The number of carbonyl (C=O) groups is 3. The molecule has 1 saturated heterocycles. The van der Waals surface area contributed by atoms with E-state index in [4.69, 9.17) is 9.47 Å². The zero-order chi connectivity index (χ0) is 21.8. The van der Waals surface area contributed by atoms with Crippen molar-refractivity contribution in [1.82, 2.24) is 4.90 Å². The van der Waals surface area contributed by atoms with Crippen LogP contribution in [0.15, 0.2) is 45.8 Å². The molecule has 30 heavy (non-hydrogen) atoms. The lowest BCUT2D eigenvalue weighted by Gasteiger charge is -2.13. The highest BCUT2D eigenvalue weighted by Crippen LogP contribution is 2.37. The third-order valence-electron chi connectivity index (χ3n) is 4.27. The molecular weight excluding hydrogens is 472 g/mol. The van der Waals surface area contributed by atoms with Gasteiger partial charge in [0.15, 0.2) is 0 Å². The smallest absolute Gasteiger partial charge is 0.294 e. The van der Waals surface area contributed by atoms with Gasteiger partial charge in [-0.3, -0.25) is 19.3 Å². The summed E-state index contributed by atoms with van der Waals surface area (Å²) in [7, 11) is 3.04. The molecular formula is C21H19BrN2O5S. The van der Waals surface area contributed by atoms with Gasteiger partial charge in [0.2, 0.25) is 5.91 Å². The minimum absolute atomic E-state index is 0.207. The Morgan fingerprint density at radius 2 is 1.90 bits per heavy atom. The first-order valence-corrected chi connectivity index (χ1v) is 10.5. The van der Waals surface area contributed by atoms with Gasteiger partial charge in [0, 0.05) is 17.3 Å². The van der Waals surface area contributed by atoms with Crippen molar-refractivity contribution in [3.8, 4) is 11.5 Å². The second kappa shape index (κ2) is 9.36. The first-order chi connectivity index (χ1) is 14.3. The van der Waals surface area contributed by atoms with Crippen LogP contribution in [0.2, 0.25) is 0 Å². The van der Waals surface area contributed by atoms with Crippen LogP contribution in [0.1, 0.15) is 11.1 Å². The lowest BCUT2D eigenvalue weighted by molar-refractivity contribution is -0.127. The molecule has 7 nitrogen and oxygen atoms in total. The summed E-state index contributed by atoms with van der Waals surface area (Å²) in [4.78, 5) is 38.5. The molecule has 2 aromatic rings. The number of nitrogens with one attached hydrogen (secondary N) is 1. The van der Waals surface area contributed by atoms with E-state index in [-0.39, 0.29) is 11.4 Å². The van der Waals surface area contributed by atoms with Crippen LogP contribution in [0.4, 0.5) is 10.5 Å². The predicted octanol–water partition coefficient (Wildman–Crippen LogP) is 4.45. The Hall–Kier alpha value is -2.78. The molecule has 3 rings (SSSR count). The van der Waals surface area contributed by atoms with Gasteiger partial charge in [-0.15, -0.1) is 0 Å². The topological polar surface area (TPSA) is 84.9 Å². The van der Waals surface area contributed by atoms with Gasteiger partial charge in [0.1, 0.15) is 18.0 Å². The summed E-state index contributed by atoms with van der Waals surface area (Å²) in [5.74, 6) is 0.0799. The average Bonchev–Trinajstić information content (AvgIpc) is 2.95. The molecule has 3 amide bonds. The predicted molar refractivity (Wildman–Crippen MR) is 120 cm³/mol. The number of halogens is 1. The van der Waals surface area contributed by atoms with Gasteiger partial charge in [0.25, 0.3) is 11.1 Å². The summed E-state index contributed by atoms with van der Waals surface area (Å²) in [6.45, 7) is 1.54. The van der Waals surface area contributed by atoms with Crippen LogP contribution in [0.25, 0.3) is 6.08 Å². The van der Waals surface area contributed by atoms with Crippen molar-refractivity contribution in [2.75, 3.05) is 26.1 Å². The number of anilines is 1. The van der Waals surface area contributed by atoms with Crippen LogP contribution in [0, 0.1) is 6.92 Å². The Morgan fingerprint density at radius 3 is 2.57 bits per heavy atom. The maximum atomic E-state index is 12.7. The number of ether oxygens (including phenoxy) is 2. The molecule has 1 heterocycles. The summed E-state index contributed by atoms with van der Waals surface area (Å²) in [6, 6.07) is 10.7. The van der Waals surface area contributed by atoms with E-state index < -0.39 is 17.1 Å². The van der Waals surface area contributed by atoms with E-state index in [1.807, 2.05) is 19.1 Å². The zero-order valence-corrected chi connectivity index (χ0v) is 18.9. The number of imide groups is 1. The van der Waals surface area contributed by atoms with Gasteiger partial charge in [-0.1, -0.05) is 12.1 Å². The molecule has 0 spiro atoms. The third-order valence-corrected chi connectivity index (χ3v) is 5.79. The van der Waals surface area contributed by atoms with Crippen LogP contribution in [-0.2, 0) is 9.59 Å². The Balaban J connectivity index is 1.77. The van der Waals surface area contributed by atoms with Crippen molar-refractivity contribution in [2.45, 2.75) is 6.92 Å². The monoisotopic (exact) mass is 490 g/mol. The first kappa shape index (κ1) is 21.9. The van der Waals surface area contributed by atoms with E-state index >= 15 is 0 Å². The lowest BCUT2D eigenvalue weighted by atomic mass is 10.1. The largest absolute Gasteiger partial charge is 0.496 e. The van der Waals surface area contributed by atoms with Crippen molar-refractivity contribution in [3.63, 3.8) is 0 Å². The molecule has 0 radical (unpaired) electrons. The second-order valence-corrected chi connectivity index (χ2v) is 8.26. The van der Waals surface area contributed by atoms with E-state index in [1.165, 1.54) is 14.2 Å². The van der Waals surface area contributed by atoms with E-state index in [9.17, 15) is 14.4 Å². The Kier molecular flexibility index (Phi) is 6.84. The molecule has 156 valence electrons. The number of benzene rings is 2. The van der Waals surface area contributed by atoms with E-state index in [0.717, 1.165) is 22.2 Å². The number of rotatable bonds is 6. The van der Waals surface area contributed by atoms with E-state index in [0.29, 0.717) is 27.2 Å². The maximum Gasteiger partial charge on any atom is 0.294 e. The number of methoxy groups -OCH3 is 2. The summed E-state index contributed by atoms with van der Waals surface area (Å²) in [5.41, 5.74) is 2.19. The number of thioether (sulfide) groups is 1. The summed E-state index contributed by atoms with van der Waals surface area (Å²) < 4.78 is 11.3. The number of carbonyl (C=O) groups excluding carboxylic acids is 3. The molecule has 0 bridgehead atoms. The summed E-state index contributed by atoms with van der Waals surface area (Å²) in [6.07, 6.45) is 1.56. The Morgan fingerprint density at radius 1 is 1.17 bits per heavy atom. The van der Waals surface area contributed by atoms with Crippen LogP contribution in [0.3, 0.4) is 0 Å². The van der Waals surface area contributed by atoms with E-state index in [1.54, 1.807) is 30.3 Å². The van der Waals surface area contributed by atoms with Crippen LogP contribution >= 0.6 is 27.7 Å². The summed E-state index contributed by atoms with van der Waals surface area (Å²) in [5, 5.41) is 2.20. The van der Waals surface area contributed by atoms with E-state index in [2.05, 4.69) is 21.2 Å². The van der Waals surface area contributed by atoms with Gasteiger partial charge in [0.05, 0.1) is 23.6 Å². The molecule has 1 aliphatic heterocycles. The lowest BCUT2D eigenvalue weighted by Crippen LogP contribution is -2.36. The van der Waals surface area contributed by atoms with Crippen molar-refractivity contribution in [3.05, 3.63) is 56.9 Å². The maximum absolute atomic E-state index is 12.7. The van der Waals surface area contributed by atoms with Crippen LogP contribution < -0.4 is 14.8 Å². The second-order valence-electron chi connectivity index (χ2n) is 6.41. The third kappa shape index (κ3) is 4.85. The van der Waals surface area contributed by atoms with Crippen LogP contribution in [-0.4, -0.2) is 42.7 Å². The fourth-order valence-corrected chi connectivity index (χ4v) is 4.19. The molecule has 0 unspecified atom stereocenters. The SMILES string of the molecule is COc1cc(OC)c(/C=C2\SC(=O)N(CC(=O)Nc3cccc(C)c3)C2=O)cc1Br. The molecule has 2 aromatic carbocycles. The molecule has 1 aliphatic rings. The average molecular weight is 491 g/mol. The molecule has 0 aliphatic carbocycles. The van der Waals surface area contributed by atoms with Gasteiger partial charge in [-0.2, -0.15) is 0 Å². The highest BCUT2D eigenvalue weighted by molar-refractivity contribution is 9.10. The number of hydrogen-bond donors (Lipinski definition) is 1. The quantitative estimate of drug-likeness (QED) is 0.602. The van der Waals surface area contributed by atoms with Crippen LogP contribution in [0.5, 0.6) is 11.5 Å². The molecule has 0 saturated carbocycles.